The molecule has 0 aliphatic carbocycles. The van der Waals surface area contributed by atoms with Gasteiger partial charge in [0.25, 0.3) is 0 Å². The summed E-state index contributed by atoms with van der Waals surface area (Å²) in [4.78, 5) is 0. The van der Waals surface area contributed by atoms with Crippen molar-refractivity contribution in [3.63, 3.8) is 0 Å². The lowest BCUT2D eigenvalue weighted by Gasteiger charge is -2.14. The minimum atomic E-state index is 0.289. The lowest BCUT2D eigenvalue weighted by atomic mass is 10.1. The molecular weight excluding hydrogens is 402 g/mol. The van der Waals surface area contributed by atoms with Crippen LogP contribution in [0.5, 0.6) is 23.0 Å². The highest BCUT2D eigenvalue weighted by Gasteiger charge is 2.13. The monoisotopic (exact) mass is 425 g/mol. The molecule has 0 amide bonds. The Morgan fingerprint density at radius 2 is 1.63 bits per heavy atom. The molecule has 0 spiro atoms. The van der Waals surface area contributed by atoms with E-state index in [2.05, 4.69) is 5.32 Å². The van der Waals surface area contributed by atoms with Gasteiger partial charge in [-0.3, -0.25) is 0 Å². The molecule has 0 saturated heterocycles. The van der Waals surface area contributed by atoms with Crippen LogP contribution in [0.3, 0.4) is 0 Å². The molecule has 0 bridgehead atoms. The van der Waals surface area contributed by atoms with E-state index < -0.39 is 0 Å². The number of halogens is 1. The highest BCUT2D eigenvalue weighted by Crippen LogP contribution is 2.33. The molecular formula is C24H24ClNO4. The number of rotatable bonds is 9. The summed E-state index contributed by atoms with van der Waals surface area (Å²) in [7, 11) is 0. The molecule has 0 atom stereocenters. The van der Waals surface area contributed by atoms with Gasteiger partial charge in [-0.15, -0.1) is 0 Å². The van der Waals surface area contributed by atoms with E-state index in [1.54, 1.807) is 0 Å². The van der Waals surface area contributed by atoms with Crippen molar-refractivity contribution in [3.8, 4) is 23.0 Å². The van der Waals surface area contributed by atoms with Gasteiger partial charge in [-0.1, -0.05) is 41.9 Å². The van der Waals surface area contributed by atoms with Crippen LogP contribution in [0.25, 0.3) is 0 Å². The quantitative estimate of drug-likeness (QED) is 0.501. The highest BCUT2D eigenvalue weighted by atomic mass is 35.5. The van der Waals surface area contributed by atoms with Gasteiger partial charge in [-0.2, -0.15) is 0 Å². The van der Waals surface area contributed by atoms with Gasteiger partial charge in [0.05, 0.1) is 6.61 Å². The smallest absolute Gasteiger partial charge is 0.231 e. The standard InChI is InChI=1S/C24H24ClNO4/c1-2-27-23-11-17(7-9-21(23)28-15-19-5-3-4-6-20(19)25)13-26-14-18-8-10-22-24(12-18)30-16-29-22/h3-12,26H,2,13-16H2,1H3. The van der Waals surface area contributed by atoms with Crippen LogP contribution in [-0.2, 0) is 19.7 Å². The number of nitrogens with one attached hydrogen (secondary N) is 1. The van der Waals surface area contributed by atoms with Crippen molar-refractivity contribution in [1.82, 2.24) is 5.32 Å². The Morgan fingerprint density at radius 1 is 0.867 bits per heavy atom. The first kappa shape index (κ1) is 20.4. The normalized spacial score (nSPS) is 12.1. The van der Waals surface area contributed by atoms with Gasteiger partial charge in [0.1, 0.15) is 6.61 Å². The van der Waals surface area contributed by atoms with Gasteiger partial charge in [0, 0.05) is 23.7 Å². The first-order chi connectivity index (χ1) is 14.7. The van der Waals surface area contributed by atoms with Crippen LogP contribution in [0.1, 0.15) is 23.6 Å². The lowest BCUT2D eigenvalue weighted by molar-refractivity contribution is 0.174. The third-order valence-corrected chi connectivity index (χ3v) is 5.11. The first-order valence-corrected chi connectivity index (χ1v) is 10.3. The van der Waals surface area contributed by atoms with Crippen molar-refractivity contribution in [1.29, 1.82) is 0 Å². The van der Waals surface area contributed by atoms with Gasteiger partial charge in [-0.25, -0.2) is 0 Å². The summed E-state index contributed by atoms with van der Waals surface area (Å²) in [5.41, 5.74) is 3.20. The van der Waals surface area contributed by atoms with Gasteiger partial charge >= 0.3 is 0 Å². The Hall–Kier alpha value is -2.89. The molecule has 1 N–H and O–H groups in total. The second-order valence-corrected chi connectivity index (χ2v) is 7.29. The molecule has 0 radical (unpaired) electrons. The van der Waals surface area contributed by atoms with Crippen molar-refractivity contribution in [2.24, 2.45) is 0 Å². The molecule has 6 heteroatoms. The van der Waals surface area contributed by atoms with Gasteiger partial charge < -0.3 is 24.3 Å². The summed E-state index contributed by atoms with van der Waals surface area (Å²) >= 11 is 6.22. The summed E-state index contributed by atoms with van der Waals surface area (Å²) < 4.78 is 22.6. The molecule has 3 aromatic rings. The molecule has 4 rings (SSSR count). The maximum Gasteiger partial charge on any atom is 0.231 e. The van der Waals surface area contributed by atoms with E-state index in [9.17, 15) is 0 Å². The number of hydrogen-bond acceptors (Lipinski definition) is 5. The minimum Gasteiger partial charge on any atom is -0.490 e. The van der Waals surface area contributed by atoms with Crippen molar-refractivity contribution in [2.45, 2.75) is 26.6 Å². The Balaban J connectivity index is 1.36. The molecule has 1 aliphatic rings. The van der Waals surface area contributed by atoms with E-state index in [0.29, 0.717) is 30.5 Å². The number of hydrogen-bond donors (Lipinski definition) is 1. The van der Waals surface area contributed by atoms with E-state index in [1.165, 1.54) is 0 Å². The zero-order valence-electron chi connectivity index (χ0n) is 16.8. The molecule has 156 valence electrons. The minimum absolute atomic E-state index is 0.289. The van der Waals surface area contributed by atoms with Crippen molar-refractivity contribution < 1.29 is 18.9 Å². The van der Waals surface area contributed by atoms with Crippen LogP contribution in [0.4, 0.5) is 0 Å². The van der Waals surface area contributed by atoms with Gasteiger partial charge in [0.2, 0.25) is 6.79 Å². The second-order valence-electron chi connectivity index (χ2n) is 6.89. The van der Waals surface area contributed by atoms with Crippen LogP contribution >= 0.6 is 11.6 Å². The Kier molecular flexibility index (Phi) is 6.62. The van der Waals surface area contributed by atoms with E-state index in [4.69, 9.17) is 30.5 Å². The summed E-state index contributed by atoms with van der Waals surface area (Å²) in [6, 6.07) is 19.7. The average molecular weight is 426 g/mol. The maximum atomic E-state index is 6.22. The fourth-order valence-corrected chi connectivity index (χ4v) is 3.41. The predicted molar refractivity (Wildman–Crippen MR) is 117 cm³/mol. The fraction of sp³-hybridized carbons (Fsp3) is 0.250. The molecule has 1 heterocycles. The Bertz CT molecular complexity index is 1010. The second kappa shape index (κ2) is 9.74. The third kappa shape index (κ3) is 4.99. The van der Waals surface area contributed by atoms with Crippen LogP contribution in [0.15, 0.2) is 60.7 Å². The number of ether oxygens (including phenoxy) is 4. The largest absolute Gasteiger partial charge is 0.490 e. The van der Waals surface area contributed by atoms with Crippen LogP contribution in [-0.4, -0.2) is 13.4 Å². The molecule has 0 unspecified atom stereocenters. The van der Waals surface area contributed by atoms with Crippen LogP contribution in [0, 0.1) is 0 Å². The molecule has 0 saturated carbocycles. The van der Waals surface area contributed by atoms with Crippen molar-refractivity contribution in [3.05, 3.63) is 82.4 Å². The van der Waals surface area contributed by atoms with Crippen LogP contribution < -0.4 is 24.3 Å². The van der Waals surface area contributed by atoms with Crippen molar-refractivity contribution >= 4 is 11.6 Å². The Morgan fingerprint density at radius 3 is 2.47 bits per heavy atom. The topological polar surface area (TPSA) is 49.0 Å². The molecule has 5 nitrogen and oxygen atoms in total. The van der Waals surface area contributed by atoms with E-state index >= 15 is 0 Å². The van der Waals surface area contributed by atoms with Gasteiger partial charge in [-0.05, 0) is 48.4 Å². The highest BCUT2D eigenvalue weighted by molar-refractivity contribution is 6.31. The summed E-state index contributed by atoms with van der Waals surface area (Å²) in [6.07, 6.45) is 0. The van der Waals surface area contributed by atoms with Crippen LogP contribution in [0.2, 0.25) is 5.02 Å². The Labute approximate surface area is 181 Å². The fourth-order valence-electron chi connectivity index (χ4n) is 3.22. The SMILES string of the molecule is CCOc1cc(CNCc2ccc3c(c2)OCO3)ccc1OCc1ccccc1Cl. The summed E-state index contributed by atoms with van der Waals surface area (Å²) in [5.74, 6) is 3.03. The van der Waals surface area contributed by atoms with Gasteiger partial charge in [0.15, 0.2) is 23.0 Å². The maximum absolute atomic E-state index is 6.22. The summed E-state index contributed by atoms with van der Waals surface area (Å²) in [5, 5.41) is 4.15. The van der Waals surface area contributed by atoms with E-state index in [0.717, 1.165) is 40.5 Å². The number of benzene rings is 3. The van der Waals surface area contributed by atoms with E-state index in [1.807, 2.05) is 67.6 Å². The molecule has 3 aromatic carbocycles. The molecule has 0 fully saturated rings. The van der Waals surface area contributed by atoms with E-state index in [-0.39, 0.29) is 6.79 Å². The summed E-state index contributed by atoms with van der Waals surface area (Å²) in [6.45, 7) is 4.64. The first-order valence-electron chi connectivity index (χ1n) is 9.94. The molecule has 1 aliphatic heterocycles. The molecule has 30 heavy (non-hydrogen) atoms. The molecule has 0 aromatic heterocycles. The predicted octanol–water partition coefficient (Wildman–Crippen LogP) is 5.34. The lowest BCUT2D eigenvalue weighted by Crippen LogP contribution is -2.13. The zero-order valence-corrected chi connectivity index (χ0v) is 17.6. The average Bonchev–Trinajstić information content (AvgIpc) is 3.22. The zero-order chi connectivity index (χ0) is 20.8. The van der Waals surface area contributed by atoms with Crippen molar-refractivity contribution in [2.75, 3.05) is 13.4 Å². The third-order valence-electron chi connectivity index (χ3n) is 4.74. The number of fused-ring (bicyclic) bond motifs is 1.